The van der Waals surface area contributed by atoms with Gasteiger partial charge in [-0.25, -0.2) is 9.97 Å². The lowest BCUT2D eigenvalue weighted by Gasteiger charge is -2.21. The van der Waals surface area contributed by atoms with Gasteiger partial charge in [0.25, 0.3) is 0 Å². The van der Waals surface area contributed by atoms with Crippen LogP contribution >= 0.6 is 24.2 Å². The predicted octanol–water partition coefficient (Wildman–Crippen LogP) is 2.61. The zero-order chi connectivity index (χ0) is 11.4. The van der Waals surface area contributed by atoms with E-state index < -0.39 is 0 Å². The van der Waals surface area contributed by atoms with Crippen molar-refractivity contribution in [3.63, 3.8) is 0 Å². The first kappa shape index (κ1) is 14.7. The second kappa shape index (κ2) is 7.19. The average molecular weight is 274 g/mol. The number of halogens is 1. The number of hydrogen-bond acceptors (Lipinski definition) is 4. The zero-order valence-electron chi connectivity index (χ0n) is 10.4. The monoisotopic (exact) mass is 273 g/mol. The van der Waals surface area contributed by atoms with Gasteiger partial charge in [-0.2, -0.15) is 0 Å². The van der Waals surface area contributed by atoms with Crippen LogP contribution in [-0.4, -0.2) is 28.8 Å². The Bertz CT molecular complexity index is 333. The van der Waals surface area contributed by atoms with Gasteiger partial charge in [-0.15, -0.1) is 12.4 Å². The molecule has 1 aromatic rings. The zero-order valence-corrected chi connectivity index (χ0v) is 12.0. The molecule has 0 spiro atoms. The molecule has 2 heterocycles. The number of piperidine rings is 1. The highest BCUT2D eigenvalue weighted by Crippen LogP contribution is 2.21. The number of thioether (sulfide) groups is 1. The Hall–Kier alpha value is -0.320. The molecular formula is C12H20ClN3S. The summed E-state index contributed by atoms with van der Waals surface area (Å²) in [6.45, 7) is 6.39. The summed E-state index contributed by atoms with van der Waals surface area (Å²) in [5.74, 6) is 1.92. The third-order valence-electron chi connectivity index (χ3n) is 2.81. The van der Waals surface area contributed by atoms with Crippen LogP contribution in [0.5, 0.6) is 0 Å². The highest BCUT2D eigenvalue weighted by atomic mass is 35.5. The van der Waals surface area contributed by atoms with Crippen LogP contribution in [0.2, 0.25) is 0 Å². The van der Waals surface area contributed by atoms with Crippen molar-refractivity contribution in [2.75, 3.05) is 18.8 Å². The van der Waals surface area contributed by atoms with Crippen LogP contribution in [0.25, 0.3) is 0 Å². The summed E-state index contributed by atoms with van der Waals surface area (Å²) in [7, 11) is 0. The first-order valence-electron chi connectivity index (χ1n) is 5.90. The lowest BCUT2D eigenvalue weighted by Crippen LogP contribution is -2.30. The average Bonchev–Trinajstić information content (AvgIpc) is 2.27. The van der Waals surface area contributed by atoms with E-state index in [1.54, 1.807) is 11.8 Å². The number of hydrogen-bond donors (Lipinski definition) is 1. The topological polar surface area (TPSA) is 37.8 Å². The first-order chi connectivity index (χ1) is 7.74. The quantitative estimate of drug-likeness (QED) is 0.679. The van der Waals surface area contributed by atoms with E-state index in [2.05, 4.69) is 15.3 Å². The van der Waals surface area contributed by atoms with Crippen LogP contribution < -0.4 is 5.32 Å². The van der Waals surface area contributed by atoms with Gasteiger partial charge in [0.1, 0.15) is 0 Å². The molecule has 1 N–H and O–H groups in total. The second-order valence-electron chi connectivity index (χ2n) is 4.46. The van der Waals surface area contributed by atoms with Crippen LogP contribution in [0.15, 0.2) is 11.2 Å². The van der Waals surface area contributed by atoms with E-state index >= 15 is 0 Å². The molecule has 1 aliphatic heterocycles. The molecule has 0 aromatic carbocycles. The Balaban J connectivity index is 0.00000144. The molecule has 1 unspecified atom stereocenters. The van der Waals surface area contributed by atoms with E-state index in [1.165, 1.54) is 19.4 Å². The Morgan fingerprint density at radius 2 is 2.06 bits per heavy atom. The maximum absolute atomic E-state index is 4.45. The van der Waals surface area contributed by atoms with Crippen molar-refractivity contribution in [1.82, 2.24) is 15.3 Å². The molecule has 1 atom stereocenters. The summed E-state index contributed by atoms with van der Waals surface area (Å²) < 4.78 is 0. The second-order valence-corrected chi connectivity index (χ2v) is 5.44. The molecule has 0 amide bonds. The van der Waals surface area contributed by atoms with Gasteiger partial charge in [0, 0.05) is 17.1 Å². The summed E-state index contributed by atoms with van der Waals surface area (Å²) in [6.07, 6.45) is 2.64. The van der Waals surface area contributed by atoms with Gasteiger partial charge in [-0.1, -0.05) is 11.8 Å². The molecule has 3 nitrogen and oxygen atoms in total. The number of aryl methyl sites for hydroxylation is 2. The fourth-order valence-corrected chi connectivity index (χ4v) is 3.10. The largest absolute Gasteiger partial charge is 0.316 e. The van der Waals surface area contributed by atoms with Crippen molar-refractivity contribution < 1.29 is 0 Å². The fourth-order valence-electron chi connectivity index (χ4n) is 2.02. The number of nitrogens with one attached hydrogen (secondary N) is 1. The van der Waals surface area contributed by atoms with Gasteiger partial charge in [0.05, 0.1) is 0 Å². The lowest BCUT2D eigenvalue weighted by atomic mass is 10.0. The predicted molar refractivity (Wildman–Crippen MR) is 75.1 cm³/mol. The molecule has 0 aliphatic carbocycles. The van der Waals surface area contributed by atoms with Gasteiger partial charge in [0.2, 0.25) is 0 Å². The van der Waals surface area contributed by atoms with Gasteiger partial charge in [-0.05, 0) is 51.8 Å². The Morgan fingerprint density at radius 1 is 1.35 bits per heavy atom. The van der Waals surface area contributed by atoms with Gasteiger partial charge < -0.3 is 5.32 Å². The number of nitrogens with zero attached hydrogens (tertiary/aromatic N) is 2. The fraction of sp³-hybridized carbons (Fsp3) is 0.667. The molecule has 0 saturated carbocycles. The minimum Gasteiger partial charge on any atom is -0.316 e. The van der Waals surface area contributed by atoms with Crippen LogP contribution in [0.4, 0.5) is 0 Å². The summed E-state index contributed by atoms with van der Waals surface area (Å²) in [5, 5.41) is 4.37. The Morgan fingerprint density at radius 3 is 2.65 bits per heavy atom. The summed E-state index contributed by atoms with van der Waals surface area (Å²) >= 11 is 1.79. The van der Waals surface area contributed by atoms with Gasteiger partial charge in [-0.3, -0.25) is 0 Å². The van der Waals surface area contributed by atoms with Crippen LogP contribution in [0, 0.1) is 19.8 Å². The van der Waals surface area contributed by atoms with Crippen molar-refractivity contribution in [1.29, 1.82) is 0 Å². The molecule has 1 aromatic heterocycles. The highest BCUT2D eigenvalue weighted by molar-refractivity contribution is 7.99. The molecule has 1 aliphatic rings. The minimum atomic E-state index is 0. The van der Waals surface area contributed by atoms with E-state index in [9.17, 15) is 0 Å². The molecule has 0 radical (unpaired) electrons. The Labute approximate surface area is 114 Å². The number of rotatable bonds is 3. The maximum Gasteiger partial charge on any atom is 0.187 e. The maximum atomic E-state index is 4.45. The lowest BCUT2D eigenvalue weighted by molar-refractivity contribution is 0.410. The molecule has 2 rings (SSSR count). The van der Waals surface area contributed by atoms with Crippen molar-refractivity contribution in [2.24, 2.45) is 5.92 Å². The van der Waals surface area contributed by atoms with Gasteiger partial charge in [0.15, 0.2) is 5.16 Å². The van der Waals surface area contributed by atoms with Crippen LogP contribution in [0.3, 0.4) is 0 Å². The minimum absolute atomic E-state index is 0. The molecular weight excluding hydrogens is 254 g/mol. The SMILES string of the molecule is Cc1cc(C)nc(SCC2CCCNC2)n1.Cl. The first-order valence-corrected chi connectivity index (χ1v) is 6.88. The molecule has 96 valence electrons. The third kappa shape index (κ3) is 4.82. The molecule has 5 heteroatoms. The highest BCUT2D eigenvalue weighted by Gasteiger charge is 2.13. The van der Waals surface area contributed by atoms with Crippen LogP contribution in [0.1, 0.15) is 24.2 Å². The van der Waals surface area contributed by atoms with Gasteiger partial charge >= 0.3 is 0 Å². The van der Waals surface area contributed by atoms with E-state index in [0.717, 1.165) is 34.8 Å². The smallest absolute Gasteiger partial charge is 0.187 e. The van der Waals surface area contributed by atoms with Crippen molar-refractivity contribution in [3.05, 3.63) is 17.5 Å². The normalized spacial score (nSPS) is 19.8. The van der Waals surface area contributed by atoms with Crippen molar-refractivity contribution in [2.45, 2.75) is 31.8 Å². The van der Waals surface area contributed by atoms with Crippen molar-refractivity contribution >= 4 is 24.2 Å². The number of aromatic nitrogens is 2. The molecule has 1 saturated heterocycles. The van der Waals surface area contributed by atoms with E-state index in [0.29, 0.717) is 0 Å². The molecule has 0 bridgehead atoms. The van der Waals surface area contributed by atoms with E-state index in [4.69, 9.17) is 0 Å². The standard InChI is InChI=1S/C12H19N3S.ClH/c1-9-6-10(2)15-12(14-9)16-8-11-4-3-5-13-7-11;/h6,11,13H,3-5,7-8H2,1-2H3;1H. The summed E-state index contributed by atoms with van der Waals surface area (Å²) in [4.78, 5) is 8.90. The van der Waals surface area contributed by atoms with Crippen molar-refractivity contribution in [3.8, 4) is 0 Å². The molecule has 17 heavy (non-hydrogen) atoms. The van der Waals surface area contributed by atoms with Crippen LogP contribution in [-0.2, 0) is 0 Å². The third-order valence-corrected chi connectivity index (χ3v) is 3.89. The summed E-state index contributed by atoms with van der Waals surface area (Å²) in [5.41, 5.74) is 2.13. The van der Waals surface area contributed by atoms with E-state index in [-0.39, 0.29) is 12.4 Å². The Kier molecular flexibility index (Phi) is 6.23. The summed E-state index contributed by atoms with van der Waals surface area (Å²) in [6, 6.07) is 2.02. The molecule has 1 fully saturated rings. The van der Waals surface area contributed by atoms with E-state index in [1.807, 2.05) is 19.9 Å².